The molecular weight excluding hydrogens is 434 g/mol. The molecule has 1 amide bonds. The first-order valence-electron chi connectivity index (χ1n) is 12.2. The van der Waals surface area contributed by atoms with Gasteiger partial charge in [0.1, 0.15) is 0 Å². The van der Waals surface area contributed by atoms with Crippen molar-refractivity contribution >= 4 is 28.0 Å². The predicted octanol–water partition coefficient (Wildman–Crippen LogP) is 5.30. The van der Waals surface area contributed by atoms with E-state index in [1.165, 1.54) is 31.5 Å². The Hall–Kier alpha value is -4.19. The third kappa shape index (κ3) is 3.21. The maximum atomic E-state index is 11.9. The van der Waals surface area contributed by atoms with Crippen molar-refractivity contribution in [3.63, 3.8) is 0 Å². The summed E-state index contributed by atoms with van der Waals surface area (Å²) in [5.74, 6) is 0.447. The van der Waals surface area contributed by atoms with Gasteiger partial charge in [-0.25, -0.2) is 9.50 Å². The zero-order chi connectivity index (χ0) is 23.5. The maximum Gasteiger partial charge on any atom is 0.249 e. The van der Waals surface area contributed by atoms with E-state index >= 15 is 0 Å². The number of nitrogens with zero attached hydrogens (tertiary/aromatic N) is 4. The molecule has 3 aromatic carbocycles. The van der Waals surface area contributed by atoms with Gasteiger partial charge in [0, 0.05) is 47.4 Å². The Bertz CT molecular complexity index is 1600. The summed E-state index contributed by atoms with van der Waals surface area (Å²) in [5, 5.41) is 6.39. The molecule has 1 saturated heterocycles. The lowest BCUT2D eigenvalue weighted by molar-refractivity contribution is 0.100. The second kappa shape index (κ2) is 7.67. The predicted molar refractivity (Wildman–Crippen MR) is 138 cm³/mol. The summed E-state index contributed by atoms with van der Waals surface area (Å²) < 4.78 is 1.83. The molecule has 0 unspecified atom stereocenters. The molecule has 172 valence electrons. The fraction of sp³-hybridized carbons (Fsp3) is 0.207. The van der Waals surface area contributed by atoms with Crippen LogP contribution in [0.3, 0.4) is 0 Å². The summed E-state index contributed by atoms with van der Waals surface area (Å²) in [6.07, 6.45) is 9.84. The number of amides is 1. The molecule has 3 heterocycles. The first-order chi connectivity index (χ1) is 17.2. The zero-order valence-corrected chi connectivity index (χ0v) is 19.3. The molecule has 0 spiro atoms. The van der Waals surface area contributed by atoms with Crippen LogP contribution in [0.15, 0.2) is 79.3 Å². The van der Waals surface area contributed by atoms with Gasteiger partial charge in [0.05, 0.1) is 6.20 Å². The molecule has 6 heteroatoms. The summed E-state index contributed by atoms with van der Waals surface area (Å²) >= 11 is 0. The van der Waals surface area contributed by atoms with E-state index in [0.29, 0.717) is 5.56 Å². The van der Waals surface area contributed by atoms with Crippen LogP contribution in [0.5, 0.6) is 0 Å². The first kappa shape index (κ1) is 20.2. The van der Waals surface area contributed by atoms with Crippen LogP contribution in [-0.2, 0) is 0 Å². The van der Waals surface area contributed by atoms with Crippen molar-refractivity contribution < 1.29 is 4.79 Å². The van der Waals surface area contributed by atoms with Crippen LogP contribution in [0.2, 0.25) is 0 Å². The zero-order valence-electron chi connectivity index (χ0n) is 19.3. The normalized spacial score (nSPS) is 19.1. The standard InChI is InChI=1S/C29H25N5O/c30-28(35)26-12-11-25(23-3-1-2-4-24(23)26)27-15-32-34-17-20(14-31-29(27)34)19-6-9-21(10-7-19)33-16-18-5-8-22(33)13-18/h1-4,6-7,9-12,14-15,17-18,22H,5,8,13,16H2,(H2,30,35)/t18-,22+/m0/s1. The minimum Gasteiger partial charge on any atom is -0.368 e. The van der Waals surface area contributed by atoms with Crippen LogP contribution in [0.25, 0.3) is 38.7 Å². The molecule has 2 atom stereocenters. The van der Waals surface area contributed by atoms with Gasteiger partial charge in [0.15, 0.2) is 5.65 Å². The molecule has 35 heavy (non-hydrogen) atoms. The molecule has 1 aliphatic carbocycles. The Morgan fingerprint density at radius 2 is 1.71 bits per heavy atom. The van der Waals surface area contributed by atoms with Gasteiger partial charge in [0.2, 0.25) is 5.91 Å². The molecule has 7 rings (SSSR count). The highest BCUT2D eigenvalue weighted by Gasteiger charge is 2.37. The SMILES string of the molecule is NC(=O)c1ccc(-c2cnn3cc(-c4ccc(N5C[C@H]6CC[C@@H]5C6)cc4)cnc23)c2ccccc12. The van der Waals surface area contributed by atoms with E-state index in [2.05, 4.69) is 34.3 Å². The summed E-state index contributed by atoms with van der Waals surface area (Å²) in [6, 6.07) is 21.1. The number of primary amides is 1. The van der Waals surface area contributed by atoms with E-state index in [4.69, 9.17) is 10.7 Å². The van der Waals surface area contributed by atoms with Gasteiger partial charge in [0.25, 0.3) is 0 Å². The number of piperidine rings is 1. The lowest BCUT2D eigenvalue weighted by atomic mass is 9.96. The third-order valence-corrected chi connectivity index (χ3v) is 7.78. The summed E-state index contributed by atoms with van der Waals surface area (Å²) in [7, 11) is 0. The van der Waals surface area contributed by atoms with Gasteiger partial charge >= 0.3 is 0 Å². The second-order valence-electron chi connectivity index (χ2n) is 9.77. The van der Waals surface area contributed by atoms with Gasteiger partial charge in [-0.1, -0.05) is 42.5 Å². The van der Waals surface area contributed by atoms with Crippen molar-refractivity contribution in [3.05, 3.63) is 84.8 Å². The van der Waals surface area contributed by atoms with Crippen molar-refractivity contribution in [2.24, 2.45) is 11.7 Å². The second-order valence-corrected chi connectivity index (χ2v) is 9.77. The summed E-state index contributed by atoms with van der Waals surface area (Å²) in [4.78, 5) is 19.3. The average molecular weight is 460 g/mol. The quantitative estimate of drug-likeness (QED) is 0.395. The number of benzene rings is 3. The fourth-order valence-electron chi connectivity index (χ4n) is 6.05. The van der Waals surface area contributed by atoms with Crippen LogP contribution < -0.4 is 10.6 Å². The third-order valence-electron chi connectivity index (χ3n) is 7.78. The Kier molecular flexibility index (Phi) is 4.43. The summed E-state index contributed by atoms with van der Waals surface area (Å²) in [6.45, 7) is 1.20. The van der Waals surface area contributed by atoms with Gasteiger partial charge < -0.3 is 10.6 Å². The minimum atomic E-state index is -0.432. The monoisotopic (exact) mass is 459 g/mol. The van der Waals surface area contributed by atoms with E-state index < -0.39 is 5.91 Å². The lowest BCUT2D eigenvalue weighted by Gasteiger charge is -2.29. The number of hydrogen-bond acceptors (Lipinski definition) is 4. The Morgan fingerprint density at radius 1 is 0.886 bits per heavy atom. The number of fused-ring (bicyclic) bond motifs is 4. The average Bonchev–Trinajstić information content (AvgIpc) is 3.64. The van der Waals surface area contributed by atoms with Crippen LogP contribution in [0, 0.1) is 5.92 Å². The van der Waals surface area contributed by atoms with Crippen LogP contribution in [0.4, 0.5) is 5.69 Å². The lowest BCUT2D eigenvalue weighted by Crippen LogP contribution is -2.31. The highest BCUT2D eigenvalue weighted by molar-refractivity contribution is 6.11. The van der Waals surface area contributed by atoms with Crippen molar-refractivity contribution in [1.29, 1.82) is 0 Å². The van der Waals surface area contributed by atoms with Crippen LogP contribution >= 0.6 is 0 Å². The molecule has 1 aliphatic heterocycles. The molecule has 2 N–H and O–H groups in total. The first-order valence-corrected chi connectivity index (χ1v) is 12.2. The largest absolute Gasteiger partial charge is 0.368 e. The molecule has 2 aliphatic rings. The van der Waals surface area contributed by atoms with Crippen LogP contribution in [0.1, 0.15) is 29.6 Å². The van der Waals surface area contributed by atoms with Crippen molar-refractivity contribution in [2.45, 2.75) is 25.3 Å². The van der Waals surface area contributed by atoms with Gasteiger partial charge in [-0.05, 0) is 65.3 Å². The van der Waals surface area contributed by atoms with Crippen LogP contribution in [-0.4, -0.2) is 33.1 Å². The van der Waals surface area contributed by atoms with Crippen molar-refractivity contribution in [3.8, 4) is 22.3 Å². The van der Waals surface area contributed by atoms with Gasteiger partial charge in [-0.3, -0.25) is 4.79 Å². The number of nitrogens with two attached hydrogens (primary N) is 1. The molecule has 0 radical (unpaired) electrons. The van der Waals surface area contributed by atoms with Gasteiger partial charge in [-0.15, -0.1) is 0 Å². The minimum absolute atomic E-state index is 0.432. The highest BCUT2D eigenvalue weighted by Crippen LogP contribution is 2.40. The van der Waals surface area contributed by atoms with Crippen molar-refractivity contribution in [2.75, 3.05) is 11.4 Å². The van der Waals surface area contributed by atoms with E-state index in [1.807, 2.05) is 53.4 Å². The van der Waals surface area contributed by atoms with E-state index in [1.54, 1.807) is 6.07 Å². The molecular formula is C29H25N5O. The Morgan fingerprint density at radius 3 is 2.46 bits per heavy atom. The Balaban J connectivity index is 1.24. The Labute approximate surface area is 203 Å². The number of anilines is 1. The van der Waals surface area contributed by atoms with E-state index in [0.717, 1.165) is 50.6 Å². The molecule has 6 nitrogen and oxygen atoms in total. The fourth-order valence-corrected chi connectivity index (χ4v) is 6.05. The number of aromatic nitrogens is 3. The number of hydrogen-bond donors (Lipinski definition) is 1. The molecule has 2 aromatic heterocycles. The number of rotatable bonds is 4. The van der Waals surface area contributed by atoms with Crippen molar-refractivity contribution in [1.82, 2.24) is 14.6 Å². The maximum absolute atomic E-state index is 11.9. The molecule has 2 fully saturated rings. The molecule has 5 aromatic rings. The topological polar surface area (TPSA) is 76.5 Å². The molecule has 1 saturated carbocycles. The number of carbonyl (C=O) groups is 1. The highest BCUT2D eigenvalue weighted by atomic mass is 16.1. The van der Waals surface area contributed by atoms with Gasteiger partial charge in [-0.2, -0.15) is 5.10 Å². The van der Waals surface area contributed by atoms with E-state index in [9.17, 15) is 4.79 Å². The number of carbonyl (C=O) groups excluding carboxylic acids is 1. The smallest absolute Gasteiger partial charge is 0.249 e. The summed E-state index contributed by atoms with van der Waals surface area (Å²) in [5.41, 5.74) is 12.3. The molecule has 2 bridgehead atoms. The van der Waals surface area contributed by atoms with E-state index in [-0.39, 0.29) is 0 Å².